The number of fused-ring (bicyclic) bond motifs is 8. The highest BCUT2D eigenvalue weighted by atomic mass is 16.3. The number of para-hydroxylation sites is 2. The van der Waals surface area contributed by atoms with Crippen LogP contribution in [0.4, 0.5) is 0 Å². The Hall–Kier alpha value is -5.68. The van der Waals surface area contributed by atoms with Gasteiger partial charge in [0.15, 0.2) is 0 Å². The van der Waals surface area contributed by atoms with E-state index in [1.807, 2.05) is 42.6 Å². The summed E-state index contributed by atoms with van der Waals surface area (Å²) in [5.74, 6) is 0. The Kier molecular flexibility index (Phi) is 4.55. The summed E-state index contributed by atoms with van der Waals surface area (Å²) < 4.78 is 6.09. The van der Waals surface area contributed by atoms with Gasteiger partial charge in [0.1, 0.15) is 11.1 Å². The first-order chi connectivity index (χ1) is 20.3. The van der Waals surface area contributed by atoms with Crippen LogP contribution in [0.15, 0.2) is 126 Å². The van der Waals surface area contributed by atoms with E-state index >= 15 is 0 Å². The Morgan fingerprint density at radius 1 is 0.488 bits per heavy atom. The molecule has 4 heterocycles. The van der Waals surface area contributed by atoms with Gasteiger partial charge in [-0.15, -0.1) is 0 Å². The maximum absolute atomic E-state index is 6.09. The molecule has 5 aromatic carbocycles. The topological polar surface area (TPSA) is 64.7 Å². The maximum Gasteiger partial charge on any atom is 0.246 e. The summed E-state index contributed by atoms with van der Waals surface area (Å²) in [6.07, 6.45) is 1.83. The summed E-state index contributed by atoms with van der Waals surface area (Å²) in [7, 11) is 0. The Labute approximate surface area is 233 Å². The van der Waals surface area contributed by atoms with Gasteiger partial charge in [-0.25, -0.2) is 15.0 Å². The van der Waals surface area contributed by atoms with Crippen LogP contribution in [0.1, 0.15) is 0 Å². The first-order valence-electron chi connectivity index (χ1n) is 13.6. The van der Waals surface area contributed by atoms with E-state index in [1.165, 1.54) is 0 Å². The van der Waals surface area contributed by atoms with Crippen LogP contribution in [0.3, 0.4) is 0 Å². The predicted octanol–water partition coefficient (Wildman–Crippen LogP) is 9.11. The number of rotatable bonds is 2. The lowest BCUT2D eigenvalue weighted by Crippen LogP contribution is -1.91. The second-order valence-corrected chi connectivity index (χ2v) is 10.3. The van der Waals surface area contributed by atoms with E-state index in [1.54, 1.807) is 0 Å². The largest absolute Gasteiger partial charge is 0.436 e. The van der Waals surface area contributed by atoms with E-state index in [-0.39, 0.29) is 0 Å². The molecule has 0 amide bonds. The molecular formula is C36H20N4O. The van der Waals surface area contributed by atoms with Gasteiger partial charge in [0.05, 0.1) is 27.8 Å². The van der Waals surface area contributed by atoms with Gasteiger partial charge < -0.3 is 4.42 Å². The Bertz CT molecular complexity index is 2500. The van der Waals surface area contributed by atoms with Crippen molar-refractivity contribution < 1.29 is 4.42 Å². The summed E-state index contributed by atoms with van der Waals surface area (Å²) in [4.78, 5) is 19.4. The fourth-order valence-electron chi connectivity index (χ4n) is 5.95. The minimum Gasteiger partial charge on any atom is -0.436 e. The molecule has 0 unspecified atom stereocenters. The lowest BCUT2D eigenvalue weighted by Gasteiger charge is -2.12. The van der Waals surface area contributed by atoms with Crippen LogP contribution in [0.2, 0.25) is 0 Å². The van der Waals surface area contributed by atoms with E-state index in [2.05, 4.69) is 83.8 Å². The van der Waals surface area contributed by atoms with Gasteiger partial charge in [0, 0.05) is 27.9 Å². The van der Waals surface area contributed by atoms with Crippen molar-refractivity contribution in [3.05, 3.63) is 121 Å². The third-order valence-corrected chi connectivity index (χ3v) is 7.92. The summed E-state index contributed by atoms with van der Waals surface area (Å²) >= 11 is 0. The number of hydrogen-bond acceptors (Lipinski definition) is 5. The van der Waals surface area contributed by atoms with Crippen molar-refractivity contribution in [3.8, 4) is 22.4 Å². The molecule has 0 saturated heterocycles. The molecule has 9 aromatic rings. The first kappa shape index (κ1) is 22.2. The van der Waals surface area contributed by atoms with Crippen molar-refractivity contribution in [2.45, 2.75) is 0 Å². The van der Waals surface area contributed by atoms with E-state index in [0.717, 1.165) is 82.5 Å². The van der Waals surface area contributed by atoms with Gasteiger partial charge in [0.2, 0.25) is 5.71 Å². The average molecular weight is 525 g/mol. The molecule has 41 heavy (non-hydrogen) atoms. The zero-order chi connectivity index (χ0) is 26.9. The van der Waals surface area contributed by atoms with Crippen LogP contribution in [0.25, 0.3) is 88.2 Å². The smallest absolute Gasteiger partial charge is 0.246 e. The van der Waals surface area contributed by atoms with Crippen LogP contribution < -0.4 is 0 Å². The van der Waals surface area contributed by atoms with Crippen molar-refractivity contribution in [2.75, 3.05) is 0 Å². The molecule has 5 heteroatoms. The molecule has 0 aliphatic heterocycles. The fraction of sp³-hybridized carbons (Fsp3) is 0. The third-order valence-electron chi connectivity index (χ3n) is 7.92. The Morgan fingerprint density at radius 2 is 1.22 bits per heavy atom. The lowest BCUT2D eigenvalue weighted by molar-refractivity contribution is 0.655. The molecule has 0 bridgehead atoms. The van der Waals surface area contributed by atoms with Crippen LogP contribution in [-0.2, 0) is 0 Å². The summed E-state index contributed by atoms with van der Waals surface area (Å²) in [5.41, 5.74) is 9.89. The van der Waals surface area contributed by atoms with Gasteiger partial charge in [0.25, 0.3) is 0 Å². The quantitative estimate of drug-likeness (QED) is 0.211. The molecule has 0 atom stereocenters. The third kappa shape index (κ3) is 3.36. The van der Waals surface area contributed by atoms with Crippen molar-refractivity contribution in [1.29, 1.82) is 0 Å². The highest BCUT2D eigenvalue weighted by Crippen LogP contribution is 2.38. The summed E-state index contributed by atoms with van der Waals surface area (Å²) in [5, 5.41) is 5.43. The van der Waals surface area contributed by atoms with Gasteiger partial charge in [-0.1, -0.05) is 78.9 Å². The standard InChI is InChI=1S/C36H20N4O/c1-2-8-26-25(7-1)24(15-16-27(26)29-17-13-22-12-11-21-6-5-19-37-33(21)34(22)38-29)23-14-18-32-28(20-23)35-36(41-32)40-31-10-4-3-9-30(31)39-35/h1-20H. The Morgan fingerprint density at radius 3 is 2.10 bits per heavy atom. The molecule has 0 aliphatic rings. The first-order valence-corrected chi connectivity index (χ1v) is 13.6. The molecule has 0 spiro atoms. The molecule has 0 N–H and O–H groups in total. The lowest BCUT2D eigenvalue weighted by atomic mass is 9.93. The second-order valence-electron chi connectivity index (χ2n) is 10.3. The van der Waals surface area contributed by atoms with Crippen LogP contribution in [0, 0.1) is 0 Å². The zero-order valence-corrected chi connectivity index (χ0v) is 21.7. The molecule has 0 saturated carbocycles. The van der Waals surface area contributed by atoms with Crippen molar-refractivity contribution in [3.63, 3.8) is 0 Å². The SMILES string of the molecule is c1cnc2c(c1)ccc1ccc(-c3ccc(-c4ccc5oc6nc7ccccc7nc6c5c4)c4ccccc34)nc12. The van der Waals surface area contributed by atoms with Gasteiger partial charge >= 0.3 is 0 Å². The van der Waals surface area contributed by atoms with Crippen LogP contribution in [-0.4, -0.2) is 19.9 Å². The molecule has 0 fully saturated rings. The molecular weight excluding hydrogens is 504 g/mol. The van der Waals surface area contributed by atoms with Crippen LogP contribution in [0.5, 0.6) is 0 Å². The number of nitrogens with zero attached hydrogens (tertiary/aromatic N) is 4. The molecule has 0 radical (unpaired) electrons. The van der Waals surface area contributed by atoms with Crippen LogP contribution >= 0.6 is 0 Å². The van der Waals surface area contributed by atoms with Gasteiger partial charge in [-0.05, 0) is 58.3 Å². The molecule has 190 valence electrons. The van der Waals surface area contributed by atoms with E-state index < -0.39 is 0 Å². The number of hydrogen-bond donors (Lipinski definition) is 0. The number of furan rings is 1. The molecule has 4 aromatic heterocycles. The molecule has 9 rings (SSSR count). The minimum absolute atomic E-state index is 0.556. The summed E-state index contributed by atoms with van der Waals surface area (Å²) in [6, 6.07) is 39.6. The molecule has 0 aliphatic carbocycles. The normalized spacial score (nSPS) is 11.9. The maximum atomic E-state index is 6.09. The highest BCUT2D eigenvalue weighted by Gasteiger charge is 2.15. The highest BCUT2D eigenvalue weighted by molar-refractivity contribution is 6.09. The van der Waals surface area contributed by atoms with Crippen molar-refractivity contribution >= 4 is 65.8 Å². The average Bonchev–Trinajstić information content (AvgIpc) is 3.39. The van der Waals surface area contributed by atoms with E-state index in [9.17, 15) is 0 Å². The Balaban J connectivity index is 1.24. The predicted molar refractivity (Wildman–Crippen MR) is 166 cm³/mol. The van der Waals surface area contributed by atoms with Crippen molar-refractivity contribution in [1.82, 2.24) is 19.9 Å². The number of pyridine rings is 2. The van der Waals surface area contributed by atoms with E-state index in [0.29, 0.717) is 5.71 Å². The monoisotopic (exact) mass is 524 g/mol. The molecule has 5 nitrogen and oxygen atoms in total. The number of aromatic nitrogens is 4. The second kappa shape index (κ2) is 8.41. The van der Waals surface area contributed by atoms with Gasteiger partial charge in [-0.3, -0.25) is 4.98 Å². The fourth-order valence-corrected chi connectivity index (χ4v) is 5.95. The van der Waals surface area contributed by atoms with Gasteiger partial charge in [-0.2, -0.15) is 0 Å². The summed E-state index contributed by atoms with van der Waals surface area (Å²) in [6.45, 7) is 0. The zero-order valence-electron chi connectivity index (χ0n) is 21.7. The number of benzene rings is 5. The minimum atomic E-state index is 0.556. The van der Waals surface area contributed by atoms with Crippen molar-refractivity contribution in [2.24, 2.45) is 0 Å². The van der Waals surface area contributed by atoms with E-state index in [4.69, 9.17) is 19.4 Å².